The first-order chi connectivity index (χ1) is 17.9. The van der Waals surface area contributed by atoms with Gasteiger partial charge in [-0.3, -0.25) is 14.5 Å². The van der Waals surface area contributed by atoms with E-state index in [9.17, 15) is 19.5 Å². The Hall–Kier alpha value is -3.43. The van der Waals surface area contributed by atoms with E-state index in [1.807, 2.05) is 53.4 Å². The monoisotopic (exact) mass is 509 g/mol. The van der Waals surface area contributed by atoms with Gasteiger partial charge < -0.3 is 24.8 Å². The molecule has 2 aliphatic heterocycles. The van der Waals surface area contributed by atoms with E-state index < -0.39 is 12.1 Å². The topological polar surface area (TPSA) is 108 Å². The third-order valence-electron chi connectivity index (χ3n) is 6.96. The lowest BCUT2D eigenvalue weighted by molar-refractivity contribution is -0.137. The fourth-order valence-electron chi connectivity index (χ4n) is 4.99. The quantitative estimate of drug-likeness (QED) is 0.533. The van der Waals surface area contributed by atoms with Gasteiger partial charge in [0, 0.05) is 26.2 Å². The number of piperidine rings is 1. The van der Waals surface area contributed by atoms with Crippen LogP contribution in [-0.4, -0.2) is 71.8 Å². The van der Waals surface area contributed by atoms with Crippen molar-refractivity contribution < 1.29 is 29.0 Å². The lowest BCUT2D eigenvalue weighted by atomic mass is 9.89. The zero-order chi connectivity index (χ0) is 26.2. The Morgan fingerprint density at radius 1 is 1.00 bits per heavy atom. The van der Waals surface area contributed by atoms with Crippen LogP contribution in [0.2, 0.25) is 0 Å². The first kappa shape index (κ1) is 26.6. The second-order valence-electron chi connectivity index (χ2n) is 9.68. The van der Waals surface area contributed by atoms with Crippen molar-refractivity contribution >= 4 is 18.0 Å². The van der Waals surface area contributed by atoms with E-state index in [2.05, 4.69) is 18.3 Å². The van der Waals surface area contributed by atoms with Crippen molar-refractivity contribution in [2.24, 2.45) is 0 Å². The third kappa shape index (κ3) is 7.30. The second-order valence-corrected chi connectivity index (χ2v) is 9.68. The standard InChI is InChI=1S/C28H35N3O6/c1-20-17-31(16-13-26(33)34)27(24-10-6-5-9-23(20)24)29-25(32)19-36-22-11-14-30(15-12-22)28(35)37-18-21-7-3-2-4-8-21/h2-10,20,22,27H,11-19H2,1H3,(H,29,32)(H,33,34). The average molecular weight is 510 g/mol. The van der Waals surface area contributed by atoms with Crippen LogP contribution in [0.3, 0.4) is 0 Å². The van der Waals surface area contributed by atoms with Gasteiger partial charge >= 0.3 is 12.1 Å². The zero-order valence-electron chi connectivity index (χ0n) is 21.2. The molecule has 2 N–H and O–H groups in total. The highest BCUT2D eigenvalue weighted by Gasteiger charge is 2.32. The first-order valence-electron chi connectivity index (χ1n) is 12.8. The molecule has 9 heteroatoms. The number of carboxylic acids is 1. The molecule has 2 atom stereocenters. The van der Waals surface area contributed by atoms with Gasteiger partial charge in [0.25, 0.3) is 0 Å². The number of carboxylic acid groups (broad SMARTS) is 1. The van der Waals surface area contributed by atoms with Gasteiger partial charge in [0.1, 0.15) is 19.4 Å². The number of hydrogen-bond donors (Lipinski definition) is 2. The number of ether oxygens (including phenoxy) is 2. The van der Waals surface area contributed by atoms with Crippen LogP contribution in [-0.2, 0) is 25.7 Å². The van der Waals surface area contributed by atoms with Gasteiger partial charge in [-0.25, -0.2) is 4.79 Å². The maximum atomic E-state index is 12.9. The average Bonchev–Trinajstić information content (AvgIpc) is 2.92. The summed E-state index contributed by atoms with van der Waals surface area (Å²) in [5.74, 6) is -0.881. The highest BCUT2D eigenvalue weighted by Crippen LogP contribution is 2.34. The minimum absolute atomic E-state index is 0.00408. The fraction of sp³-hybridized carbons (Fsp3) is 0.464. The number of carbonyl (C=O) groups is 3. The smallest absolute Gasteiger partial charge is 0.410 e. The molecule has 1 saturated heterocycles. The van der Waals surface area contributed by atoms with Crippen LogP contribution in [0, 0.1) is 0 Å². The van der Waals surface area contributed by atoms with E-state index in [4.69, 9.17) is 9.47 Å². The van der Waals surface area contributed by atoms with Crippen molar-refractivity contribution in [1.82, 2.24) is 15.1 Å². The van der Waals surface area contributed by atoms with Crippen LogP contribution in [0.25, 0.3) is 0 Å². The largest absolute Gasteiger partial charge is 0.481 e. The summed E-state index contributed by atoms with van der Waals surface area (Å²) in [6, 6.07) is 17.5. The van der Waals surface area contributed by atoms with Crippen molar-refractivity contribution in [3.8, 4) is 0 Å². The van der Waals surface area contributed by atoms with Crippen molar-refractivity contribution in [3.63, 3.8) is 0 Å². The lowest BCUT2D eigenvalue weighted by Crippen LogP contribution is -2.48. The van der Waals surface area contributed by atoms with Crippen molar-refractivity contribution in [3.05, 3.63) is 71.3 Å². The van der Waals surface area contributed by atoms with E-state index in [0.717, 1.165) is 16.7 Å². The van der Waals surface area contributed by atoms with Gasteiger partial charge in [-0.05, 0) is 35.4 Å². The Bertz CT molecular complexity index is 1070. The van der Waals surface area contributed by atoms with E-state index >= 15 is 0 Å². The van der Waals surface area contributed by atoms with Crippen LogP contribution in [0.5, 0.6) is 0 Å². The number of amides is 2. The Labute approximate surface area is 217 Å². The maximum absolute atomic E-state index is 12.9. The molecule has 2 unspecified atom stereocenters. The molecule has 198 valence electrons. The molecule has 0 spiro atoms. The van der Waals surface area contributed by atoms with Crippen LogP contribution in [0.4, 0.5) is 4.79 Å². The van der Waals surface area contributed by atoms with Gasteiger partial charge in [0.2, 0.25) is 5.91 Å². The van der Waals surface area contributed by atoms with Crippen LogP contribution >= 0.6 is 0 Å². The molecule has 2 aliphatic rings. The number of benzene rings is 2. The molecule has 1 fully saturated rings. The summed E-state index contributed by atoms with van der Waals surface area (Å²) in [5.41, 5.74) is 3.09. The Morgan fingerprint density at radius 2 is 1.68 bits per heavy atom. The summed E-state index contributed by atoms with van der Waals surface area (Å²) >= 11 is 0. The molecule has 0 saturated carbocycles. The number of carbonyl (C=O) groups excluding carboxylic acids is 2. The SMILES string of the molecule is CC1CN(CCC(=O)O)C(NC(=O)COC2CCN(C(=O)OCc3ccccc3)CC2)c2ccccc21. The predicted molar refractivity (Wildman–Crippen MR) is 137 cm³/mol. The van der Waals surface area contributed by atoms with Gasteiger partial charge in [-0.15, -0.1) is 0 Å². The van der Waals surface area contributed by atoms with Crippen molar-refractivity contribution in [2.45, 2.75) is 51.0 Å². The Balaban J connectivity index is 1.25. The molecule has 9 nitrogen and oxygen atoms in total. The van der Waals surface area contributed by atoms with Gasteiger partial charge in [-0.1, -0.05) is 61.5 Å². The molecule has 2 aromatic rings. The zero-order valence-corrected chi connectivity index (χ0v) is 21.2. The molecular weight excluding hydrogens is 474 g/mol. The minimum Gasteiger partial charge on any atom is -0.481 e. The summed E-state index contributed by atoms with van der Waals surface area (Å²) in [4.78, 5) is 40.1. The Kier molecular flexibility index (Phi) is 9.14. The summed E-state index contributed by atoms with van der Waals surface area (Å²) in [6.07, 6.45) is 0.399. The predicted octanol–water partition coefficient (Wildman–Crippen LogP) is 3.51. The molecule has 0 aromatic heterocycles. The molecule has 0 bridgehead atoms. The van der Waals surface area contributed by atoms with Crippen molar-refractivity contribution in [1.29, 1.82) is 0 Å². The maximum Gasteiger partial charge on any atom is 0.410 e. The number of nitrogens with one attached hydrogen (secondary N) is 1. The van der Waals surface area contributed by atoms with E-state index in [-0.39, 0.29) is 43.7 Å². The van der Waals surface area contributed by atoms with Gasteiger partial charge in [0.05, 0.1) is 12.5 Å². The highest BCUT2D eigenvalue weighted by atomic mass is 16.6. The number of hydrogen-bond acceptors (Lipinski definition) is 6. The summed E-state index contributed by atoms with van der Waals surface area (Å²) in [6.45, 7) is 4.28. The summed E-state index contributed by atoms with van der Waals surface area (Å²) < 4.78 is 11.3. The molecule has 2 aromatic carbocycles. The Morgan fingerprint density at radius 3 is 2.38 bits per heavy atom. The normalized spacial score (nSPS) is 20.2. The minimum atomic E-state index is -0.866. The molecule has 4 rings (SSSR count). The molecule has 0 aliphatic carbocycles. The van der Waals surface area contributed by atoms with E-state index in [1.165, 1.54) is 0 Å². The van der Waals surface area contributed by atoms with E-state index in [0.29, 0.717) is 39.0 Å². The number of likely N-dealkylation sites (tertiary alicyclic amines) is 1. The van der Waals surface area contributed by atoms with Gasteiger partial charge in [-0.2, -0.15) is 0 Å². The van der Waals surface area contributed by atoms with Gasteiger partial charge in [0.15, 0.2) is 0 Å². The highest BCUT2D eigenvalue weighted by molar-refractivity contribution is 5.78. The molecule has 2 amide bonds. The van der Waals surface area contributed by atoms with Crippen LogP contribution < -0.4 is 5.32 Å². The third-order valence-corrected chi connectivity index (χ3v) is 6.96. The summed E-state index contributed by atoms with van der Waals surface area (Å²) in [7, 11) is 0. The fourth-order valence-corrected chi connectivity index (χ4v) is 4.99. The number of aliphatic carboxylic acids is 1. The van der Waals surface area contributed by atoms with Crippen LogP contribution in [0.1, 0.15) is 55.0 Å². The molecular formula is C28H35N3O6. The van der Waals surface area contributed by atoms with Crippen LogP contribution in [0.15, 0.2) is 54.6 Å². The molecule has 2 heterocycles. The lowest BCUT2D eigenvalue weighted by Gasteiger charge is -2.40. The second kappa shape index (κ2) is 12.7. The first-order valence-corrected chi connectivity index (χ1v) is 12.8. The number of fused-ring (bicyclic) bond motifs is 1. The van der Waals surface area contributed by atoms with E-state index in [1.54, 1.807) is 4.90 Å². The van der Waals surface area contributed by atoms with Crippen molar-refractivity contribution in [2.75, 3.05) is 32.8 Å². The molecule has 0 radical (unpaired) electrons. The molecule has 37 heavy (non-hydrogen) atoms. The number of rotatable bonds is 9. The summed E-state index contributed by atoms with van der Waals surface area (Å²) in [5, 5.41) is 12.2. The number of nitrogens with zero attached hydrogens (tertiary/aromatic N) is 2.